The zero-order valence-corrected chi connectivity index (χ0v) is 11.3. The molecule has 0 spiro atoms. The fourth-order valence-corrected chi connectivity index (χ4v) is 2.79. The number of halogens is 2. The second kappa shape index (κ2) is 4.75. The van der Waals surface area contributed by atoms with Gasteiger partial charge in [-0.25, -0.2) is 18.1 Å². The van der Waals surface area contributed by atoms with Gasteiger partial charge >= 0.3 is 0 Å². The average Bonchev–Trinajstić information content (AvgIpc) is 2.61. The number of rotatable bonds is 3. The highest BCUT2D eigenvalue weighted by atomic mass is 35.5. The molecule has 2 aromatic rings. The van der Waals surface area contributed by atoms with Crippen molar-refractivity contribution in [1.82, 2.24) is 10.1 Å². The smallest absolute Gasteiger partial charge is 0.267 e. The van der Waals surface area contributed by atoms with E-state index in [0.29, 0.717) is 5.69 Å². The Kier molecular flexibility index (Phi) is 3.47. The van der Waals surface area contributed by atoms with Gasteiger partial charge in [0.1, 0.15) is 20.8 Å². The Morgan fingerprint density at radius 2 is 2.11 bits per heavy atom. The van der Waals surface area contributed by atoms with Crippen molar-refractivity contribution in [3.8, 4) is 0 Å². The van der Waals surface area contributed by atoms with Crippen molar-refractivity contribution in [2.75, 3.05) is 4.72 Å². The lowest BCUT2D eigenvalue weighted by molar-refractivity contribution is 0.430. The quantitative estimate of drug-likeness (QED) is 0.880. The first-order chi connectivity index (χ1) is 8.42. The fourth-order valence-electron chi connectivity index (χ4n) is 1.17. The Hall–Kier alpha value is -1.31. The number of anilines is 1. The van der Waals surface area contributed by atoms with E-state index in [4.69, 9.17) is 27.7 Å². The zero-order valence-electron chi connectivity index (χ0n) is 9.02. The monoisotopic (exact) mass is 307 g/mol. The van der Waals surface area contributed by atoms with E-state index in [1.165, 1.54) is 18.3 Å². The van der Waals surface area contributed by atoms with Crippen LogP contribution in [0, 0.1) is 6.92 Å². The van der Waals surface area contributed by atoms with Crippen LogP contribution in [0.2, 0.25) is 10.2 Å². The number of aryl methyl sites for hydroxylation is 1. The maximum Gasteiger partial charge on any atom is 0.267 e. The molecule has 0 bridgehead atoms. The molecule has 96 valence electrons. The Balaban J connectivity index is 2.40. The number of pyridine rings is 1. The molecule has 2 rings (SSSR count). The van der Waals surface area contributed by atoms with Gasteiger partial charge in [-0.3, -0.25) is 0 Å². The Morgan fingerprint density at radius 3 is 2.67 bits per heavy atom. The lowest BCUT2D eigenvalue weighted by atomic mass is 10.5. The van der Waals surface area contributed by atoms with Crippen LogP contribution >= 0.6 is 23.2 Å². The van der Waals surface area contributed by atoms with Crippen LogP contribution in [0.15, 0.2) is 27.7 Å². The van der Waals surface area contributed by atoms with Crippen molar-refractivity contribution in [1.29, 1.82) is 0 Å². The van der Waals surface area contributed by atoms with Crippen LogP contribution in [0.3, 0.4) is 0 Å². The Morgan fingerprint density at radius 1 is 1.39 bits per heavy atom. The number of hydrogen-bond donors (Lipinski definition) is 1. The van der Waals surface area contributed by atoms with E-state index in [-0.39, 0.29) is 21.0 Å². The molecule has 0 aliphatic carbocycles. The van der Waals surface area contributed by atoms with Gasteiger partial charge < -0.3 is 4.52 Å². The van der Waals surface area contributed by atoms with E-state index in [2.05, 4.69) is 14.9 Å². The van der Waals surface area contributed by atoms with E-state index in [0.717, 1.165) is 0 Å². The molecular formula is C9H7Cl2N3O3S. The standard InChI is InChI=1S/C9H7Cl2N3O3S/c1-5-7(10)9(17-13-5)14-18(15,16)6-3-2-4-12-8(6)11/h2-4,14H,1H3. The molecule has 0 fully saturated rings. The second-order valence-electron chi connectivity index (χ2n) is 3.31. The molecule has 1 N–H and O–H groups in total. The lowest BCUT2D eigenvalue weighted by Crippen LogP contribution is -2.13. The molecule has 6 nitrogen and oxygen atoms in total. The molecule has 0 atom stereocenters. The molecule has 0 saturated carbocycles. The molecule has 0 amide bonds. The summed E-state index contributed by atoms with van der Waals surface area (Å²) in [5.41, 5.74) is 0.381. The van der Waals surface area contributed by atoms with Gasteiger partial charge in [0, 0.05) is 6.20 Å². The number of hydrogen-bond acceptors (Lipinski definition) is 5. The summed E-state index contributed by atoms with van der Waals surface area (Å²) in [5, 5.41) is 3.49. The zero-order chi connectivity index (χ0) is 13.3. The summed E-state index contributed by atoms with van der Waals surface area (Å²) in [6.45, 7) is 1.58. The third-order valence-electron chi connectivity index (χ3n) is 2.03. The van der Waals surface area contributed by atoms with E-state index in [1.807, 2.05) is 0 Å². The van der Waals surface area contributed by atoms with Crippen LogP contribution in [0.1, 0.15) is 5.69 Å². The second-order valence-corrected chi connectivity index (χ2v) is 5.70. The predicted octanol–water partition coefficient (Wildman–Crippen LogP) is 2.49. The molecular weight excluding hydrogens is 301 g/mol. The molecule has 2 heterocycles. The van der Waals surface area contributed by atoms with Crippen LogP contribution in [-0.4, -0.2) is 18.6 Å². The fraction of sp³-hybridized carbons (Fsp3) is 0.111. The third kappa shape index (κ3) is 2.43. The maximum absolute atomic E-state index is 12.0. The SMILES string of the molecule is Cc1noc(NS(=O)(=O)c2cccnc2Cl)c1Cl. The minimum absolute atomic E-state index is 0.0959. The van der Waals surface area contributed by atoms with Gasteiger partial charge in [0.15, 0.2) is 0 Å². The van der Waals surface area contributed by atoms with Gasteiger partial charge in [0.05, 0.1) is 0 Å². The maximum atomic E-state index is 12.0. The van der Waals surface area contributed by atoms with Gasteiger partial charge in [0.25, 0.3) is 15.9 Å². The van der Waals surface area contributed by atoms with Crippen molar-refractivity contribution in [3.05, 3.63) is 34.2 Å². The molecule has 0 aliphatic heterocycles. The highest BCUT2D eigenvalue weighted by Gasteiger charge is 2.22. The van der Waals surface area contributed by atoms with E-state index in [9.17, 15) is 8.42 Å². The minimum Gasteiger partial charge on any atom is -0.336 e. The van der Waals surface area contributed by atoms with Crippen molar-refractivity contribution in [2.24, 2.45) is 0 Å². The Bertz CT molecular complexity index is 684. The van der Waals surface area contributed by atoms with Crippen molar-refractivity contribution < 1.29 is 12.9 Å². The number of sulfonamides is 1. The van der Waals surface area contributed by atoms with Gasteiger partial charge in [-0.2, -0.15) is 0 Å². The summed E-state index contributed by atoms with van der Waals surface area (Å²) in [5.74, 6) is -0.158. The Labute approximate surface area is 113 Å². The first-order valence-electron chi connectivity index (χ1n) is 4.67. The molecule has 0 aromatic carbocycles. The largest absolute Gasteiger partial charge is 0.336 e. The summed E-state index contributed by atoms with van der Waals surface area (Å²) < 4.78 is 30.9. The molecule has 2 aromatic heterocycles. The normalized spacial score (nSPS) is 11.5. The van der Waals surface area contributed by atoms with Crippen LogP contribution in [0.5, 0.6) is 0 Å². The van der Waals surface area contributed by atoms with Crippen LogP contribution in [-0.2, 0) is 10.0 Å². The predicted molar refractivity (Wildman–Crippen MR) is 66.3 cm³/mol. The van der Waals surface area contributed by atoms with Gasteiger partial charge in [0.2, 0.25) is 0 Å². The summed E-state index contributed by atoms with van der Waals surface area (Å²) >= 11 is 11.5. The summed E-state index contributed by atoms with van der Waals surface area (Å²) in [6, 6.07) is 2.77. The van der Waals surface area contributed by atoms with E-state index >= 15 is 0 Å². The van der Waals surface area contributed by atoms with Crippen LogP contribution < -0.4 is 4.72 Å². The first kappa shape index (κ1) is 13.1. The summed E-state index contributed by atoms with van der Waals surface area (Å²) in [7, 11) is -3.92. The highest BCUT2D eigenvalue weighted by molar-refractivity contribution is 7.92. The van der Waals surface area contributed by atoms with Crippen molar-refractivity contribution in [3.63, 3.8) is 0 Å². The highest BCUT2D eigenvalue weighted by Crippen LogP contribution is 2.28. The van der Waals surface area contributed by atoms with E-state index in [1.54, 1.807) is 6.92 Å². The van der Waals surface area contributed by atoms with Gasteiger partial charge in [-0.1, -0.05) is 28.4 Å². The molecule has 18 heavy (non-hydrogen) atoms. The van der Waals surface area contributed by atoms with Crippen molar-refractivity contribution >= 4 is 39.1 Å². The number of nitrogens with one attached hydrogen (secondary N) is 1. The number of nitrogens with zero attached hydrogens (tertiary/aromatic N) is 2. The molecule has 0 aliphatic rings. The van der Waals surface area contributed by atoms with Crippen LogP contribution in [0.4, 0.5) is 5.88 Å². The number of aromatic nitrogens is 2. The topological polar surface area (TPSA) is 85.1 Å². The summed E-state index contributed by atoms with van der Waals surface area (Å²) in [4.78, 5) is 3.51. The molecule has 0 radical (unpaired) electrons. The van der Waals surface area contributed by atoms with Crippen molar-refractivity contribution in [2.45, 2.75) is 11.8 Å². The van der Waals surface area contributed by atoms with Crippen LogP contribution in [0.25, 0.3) is 0 Å². The molecule has 9 heteroatoms. The third-order valence-corrected chi connectivity index (χ3v) is 4.25. The lowest BCUT2D eigenvalue weighted by Gasteiger charge is -2.05. The summed E-state index contributed by atoms with van der Waals surface area (Å²) in [6.07, 6.45) is 1.38. The average molecular weight is 308 g/mol. The van der Waals surface area contributed by atoms with E-state index < -0.39 is 10.0 Å². The molecule has 0 unspecified atom stereocenters. The van der Waals surface area contributed by atoms with Gasteiger partial charge in [-0.05, 0) is 19.1 Å². The van der Waals surface area contributed by atoms with Gasteiger partial charge in [-0.15, -0.1) is 0 Å². The minimum atomic E-state index is -3.92. The molecule has 0 saturated heterocycles. The first-order valence-corrected chi connectivity index (χ1v) is 6.91.